The second kappa shape index (κ2) is 4.82. The van der Waals surface area contributed by atoms with E-state index >= 15 is 0 Å². The smallest absolute Gasteiger partial charge is 0.132 e. The second-order valence-corrected chi connectivity index (χ2v) is 4.00. The molecule has 0 spiro atoms. The summed E-state index contributed by atoms with van der Waals surface area (Å²) < 4.78 is 2.09. The van der Waals surface area contributed by atoms with E-state index in [2.05, 4.69) is 28.0 Å². The van der Waals surface area contributed by atoms with Crippen LogP contribution in [0.3, 0.4) is 0 Å². The third-order valence-corrected chi connectivity index (χ3v) is 2.76. The van der Waals surface area contributed by atoms with Crippen molar-refractivity contribution >= 4 is 5.82 Å². The number of rotatable bonds is 4. The summed E-state index contributed by atoms with van der Waals surface area (Å²) in [6, 6.07) is 4.14. The fourth-order valence-electron chi connectivity index (χ4n) is 1.85. The first kappa shape index (κ1) is 11.4. The van der Waals surface area contributed by atoms with Crippen molar-refractivity contribution in [3.8, 4) is 11.3 Å². The van der Waals surface area contributed by atoms with E-state index in [4.69, 9.17) is 5.73 Å². The number of nitrogens with zero attached hydrogens (tertiary/aromatic N) is 3. The lowest BCUT2D eigenvalue weighted by molar-refractivity contribution is 0.559. The number of nitrogens with two attached hydrogens (primary N) is 1. The molecule has 2 N–H and O–H groups in total. The molecule has 1 atom stereocenters. The minimum absolute atomic E-state index is 0.310. The molecule has 1 unspecified atom stereocenters. The predicted octanol–water partition coefficient (Wildman–Crippen LogP) is 2.66. The number of imidazole rings is 1. The molecule has 0 radical (unpaired) electrons. The summed E-state index contributed by atoms with van der Waals surface area (Å²) in [6.07, 6.45) is 8.11. The minimum Gasteiger partial charge on any atom is -0.383 e. The Bertz CT molecular complexity index is 516. The molecule has 2 rings (SSSR count). The van der Waals surface area contributed by atoms with E-state index in [9.17, 15) is 0 Å². The van der Waals surface area contributed by atoms with Gasteiger partial charge in [0.1, 0.15) is 5.82 Å². The van der Waals surface area contributed by atoms with Crippen LogP contribution >= 0.6 is 0 Å². The zero-order valence-corrected chi connectivity index (χ0v) is 9.87. The maximum absolute atomic E-state index is 5.88. The molecule has 0 aliphatic carbocycles. The number of hydrogen-bond donors (Lipinski definition) is 1. The lowest BCUT2D eigenvalue weighted by atomic mass is 10.1. The van der Waals surface area contributed by atoms with E-state index in [1.54, 1.807) is 6.20 Å². The average Bonchev–Trinajstić information content (AvgIpc) is 2.79. The minimum atomic E-state index is 0.310. The molecular formula is C13H16N4. The summed E-state index contributed by atoms with van der Waals surface area (Å²) >= 11 is 0. The van der Waals surface area contributed by atoms with Crippen LogP contribution in [-0.4, -0.2) is 14.5 Å². The molecule has 88 valence electrons. The van der Waals surface area contributed by atoms with Crippen LogP contribution in [-0.2, 0) is 0 Å². The van der Waals surface area contributed by atoms with Gasteiger partial charge in [-0.3, -0.25) is 0 Å². The lowest BCUT2D eigenvalue weighted by Crippen LogP contribution is -2.05. The monoisotopic (exact) mass is 228 g/mol. The molecular weight excluding hydrogens is 212 g/mol. The Kier molecular flexibility index (Phi) is 3.23. The van der Waals surface area contributed by atoms with Crippen molar-refractivity contribution in [2.75, 3.05) is 5.73 Å². The summed E-state index contributed by atoms with van der Waals surface area (Å²) in [5, 5.41) is 0. The Morgan fingerprint density at radius 1 is 1.59 bits per heavy atom. The van der Waals surface area contributed by atoms with Crippen LogP contribution in [0.25, 0.3) is 11.3 Å². The third kappa shape index (κ3) is 2.20. The fourth-order valence-corrected chi connectivity index (χ4v) is 1.85. The Morgan fingerprint density at radius 2 is 2.41 bits per heavy atom. The van der Waals surface area contributed by atoms with Crippen molar-refractivity contribution in [3.63, 3.8) is 0 Å². The lowest BCUT2D eigenvalue weighted by Gasteiger charge is -2.15. The topological polar surface area (TPSA) is 56.7 Å². The Balaban J connectivity index is 2.44. The van der Waals surface area contributed by atoms with E-state index in [1.165, 1.54) is 0 Å². The highest BCUT2D eigenvalue weighted by molar-refractivity contribution is 5.70. The van der Waals surface area contributed by atoms with Gasteiger partial charge >= 0.3 is 0 Å². The SMILES string of the molecule is C=CCC(C)n1cncc1-c1cccnc1N. The fraction of sp³-hybridized carbons (Fsp3) is 0.231. The third-order valence-electron chi connectivity index (χ3n) is 2.76. The number of anilines is 1. The molecule has 0 amide bonds. The van der Waals surface area contributed by atoms with Crippen LogP contribution in [0, 0.1) is 0 Å². The first-order valence-corrected chi connectivity index (χ1v) is 5.57. The number of hydrogen-bond acceptors (Lipinski definition) is 3. The van der Waals surface area contributed by atoms with Gasteiger partial charge in [0.2, 0.25) is 0 Å². The highest BCUT2D eigenvalue weighted by Crippen LogP contribution is 2.26. The van der Waals surface area contributed by atoms with Gasteiger partial charge in [0.15, 0.2) is 0 Å². The average molecular weight is 228 g/mol. The molecule has 2 aromatic heterocycles. The Morgan fingerprint density at radius 3 is 3.12 bits per heavy atom. The Labute approximate surface area is 101 Å². The number of aromatic nitrogens is 3. The first-order valence-electron chi connectivity index (χ1n) is 5.57. The van der Waals surface area contributed by atoms with E-state index < -0.39 is 0 Å². The van der Waals surface area contributed by atoms with Gasteiger partial charge in [-0.15, -0.1) is 6.58 Å². The second-order valence-electron chi connectivity index (χ2n) is 4.00. The molecule has 0 saturated carbocycles. The predicted molar refractivity (Wildman–Crippen MR) is 69.4 cm³/mol. The van der Waals surface area contributed by atoms with Crippen molar-refractivity contribution in [3.05, 3.63) is 43.5 Å². The van der Waals surface area contributed by atoms with Gasteiger partial charge in [0.05, 0.1) is 18.2 Å². The van der Waals surface area contributed by atoms with Crippen LogP contribution in [0.2, 0.25) is 0 Å². The summed E-state index contributed by atoms with van der Waals surface area (Å²) in [5.41, 5.74) is 7.79. The van der Waals surface area contributed by atoms with Crippen molar-refractivity contribution < 1.29 is 0 Å². The van der Waals surface area contributed by atoms with Gasteiger partial charge in [0, 0.05) is 17.8 Å². The molecule has 0 bridgehead atoms. The highest BCUT2D eigenvalue weighted by Gasteiger charge is 2.12. The van der Waals surface area contributed by atoms with Crippen molar-refractivity contribution in [2.24, 2.45) is 0 Å². The van der Waals surface area contributed by atoms with Crippen LogP contribution < -0.4 is 5.73 Å². The van der Waals surface area contributed by atoms with Crippen molar-refractivity contribution in [2.45, 2.75) is 19.4 Å². The molecule has 4 nitrogen and oxygen atoms in total. The number of pyridine rings is 1. The molecule has 0 aliphatic heterocycles. The molecule has 0 aromatic carbocycles. The van der Waals surface area contributed by atoms with E-state index in [1.807, 2.05) is 30.7 Å². The van der Waals surface area contributed by atoms with Crippen LogP contribution in [0.15, 0.2) is 43.5 Å². The standard InChI is InChI=1S/C13H16N4/c1-3-5-10(2)17-9-15-8-12(17)11-6-4-7-16-13(11)14/h3-4,6-10H,1,5H2,2H3,(H2,14,16). The van der Waals surface area contributed by atoms with Crippen LogP contribution in [0.1, 0.15) is 19.4 Å². The zero-order chi connectivity index (χ0) is 12.3. The summed E-state index contributed by atoms with van der Waals surface area (Å²) in [6.45, 7) is 5.88. The molecule has 4 heteroatoms. The molecule has 0 saturated heterocycles. The van der Waals surface area contributed by atoms with Gasteiger partial charge in [-0.1, -0.05) is 6.08 Å². The molecule has 2 heterocycles. The molecule has 0 aliphatic rings. The van der Waals surface area contributed by atoms with E-state index in [0.717, 1.165) is 17.7 Å². The largest absolute Gasteiger partial charge is 0.383 e. The highest BCUT2D eigenvalue weighted by atomic mass is 15.1. The van der Waals surface area contributed by atoms with Gasteiger partial charge in [-0.2, -0.15) is 0 Å². The van der Waals surface area contributed by atoms with Gasteiger partial charge < -0.3 is 10.3 Å². The molecule has 2 aromatic rings. The van der Waals surface area contributed by atoms with Gasteiger partial charge in [-0.05, 0) is 25.5 Å². The normalized spacial score (nSPS) is 12.3. The van der Waals surface area contributed by atoms with Gasteiger partial charge in [-0.25, -0.2) is 9.97 Å². The van der Waals surface area contributed by atoms with Crippen molar-refractivity contribution in [1.82, 2.24) is 14.5 Å². The van der Waals surface area contributed by atoms with Crippen LogP contribution in [0.4, 0.5) is 5.82 Å². The maximum Gasteiger partial charge on any atom is 0.132 e. The molecule has 17 heavy (non-hydrogen) atoms. The van der Waals surface area contributed by atoms with Gasteiger partial charge in [0.25, 0.3) is 0 Å². The quantitative estimate of drug-likeness (QED) is 0.818. The first-order chi connectivity index (χ1) is 8.24. The molecule has 0 fully saturated rings. The summed E-state index contributed by atoms with van der Waals surface area (Å²) in [5.74, 6) is 0.528. The number of allylic oxidation sites excluding steroid dienone is 1. The van der Waals surface area contributed by atoms with E-state index in [0.29, 0.717) is 11.9 Å². The maximum atomic E-state index is 5.88. The summed E-state index contributed by atoms with van der Waals surface area (Å²) in [7, 11) is 0. The Hall–Kier alpha value is -2.10. The van der Waals surface area contributed by atoms with Crippen molar-refractivity contribution in [1.29, 1.82) is 0 Å². The van der Waals surface area contributed by atoms with Crippen LogP contribution in [0.5, 0.6) is 0 Å². The van der Waals surface area contributed by atoms with E-state index in [-0.39, 0.29) is 0 Å². The zero-order valence-electron chi connectivity index (χ0n) is 9.87. The summed E-state index contributed by atoms with van der Waals surface area (Å²) in [4.78, 5) is 8.29. The number of nitrogen functional groups attached to an aromatic ring is 1.